The molecule has 0 fully saturated rings. The Morgan fingerprint density at radius 1 is 1.29 bits per heavy atom. The summed E-state index contributed by atoms with van der Waals surface area (Å²) in [7, 11) is -4.59. The lowest BCUT2D eigenvalue weighted by Gasteiger charge is -2.07. The van der Waals surface area contributed by atoms with Crippen molar-refractivity contribution in [2.24, 2.45) is 0 Å². The van der Waals surface area contributed by atoms with Crippen molar-refractivity contribution in [1.29, 1.82) is 0 Å². The van der Waals surface area contributed by atoms with E-state index in [2.05, 4.69) is 0 Å². The van der Waals surface area contributed by atoms with Crippen LogP contribution in [-0.4, -0.2) is 25.4 Å². The van der Waals surface area contributed by atoms with Crippen molar-refractivity contribution in [3.05, 3.63) is 35.9 Å². The molecule has 0 amide bonds. The fourth-order valence-electron chi connectivity index (χ4n) is 1.17. The Kier molecular flexibility index (Phi) is 3.60. The predicted octanol–water partition coefficient (Wildman–Crippen LogP) is 0.889. The molecule has 1 rings (SSSR count). The molecule has 14 heavy (non-hydrogen) atoms. The van der Waals surface area contributed by atoms with Crippen molar-refractivity contribution in [3.63, 3.8) is 0 Å². The third-order valence-electron chi connectivity index (χ3n) is 1.71. The SMILES string of the molecule is O=S(=O)(F)CC(O)Cc1ccccc1. The molecule has 0 aliphatic carbocycles. The van der Waals surface area contributed by atoms with Gasteiger partial charge in [0.25, 0.3) is 0 Å². The average molecular weight is 218 g/mol. The second-order valence-electron chi connectivity index (χ2n) is 3.05. The smallest absolute Gasteiger partial charge is 0.304 e. The summed E-state index contributed by atoms with van der Waals surface area (Å²) in [5, 5.41) is 9.22. The van der Waals surface area contributed by atoms with Crippen LogP contribution in [0.3, 0.4) is 0 Å². The Morgan fingerprint density at radius 2 is 1.86 bits per heavy atom. The highest BCUT2D eigenvalue weighted by atomic mass is 32.3. The molecule has 0 saturated heterocycles. The van der Waals surface area contributed by atoms with Gasteiger partial charge in [-0.15, -0.1) is 3.89 Å². The van der Waals surface area contributed by atoms with Gasteiger partial charge >= 0.3 is 10.2 Å². The minimum absolute atomic E-state index is 0.143. The zero-order valence-electron chi connectivity index (χ0n) is 7.43. The van der Waals surface area contributed by atoms with Crippen molar-refractivity contribution >= 4 is 10.2 Å². The maximum absolute atomic E-state index is 12.2. The lowest BCUT2D eigenvalue weighted by atomic mass is 10.1. The van der Waals surface area contributed by atoms with Crippen molar-refractivity contribution < 1.29 is 17.4 Å². The van der Waals surface area contributed by atoms with Crippen LogP contribution in [0.2, 0.25) is 0 Å². The number of benzene rings is 1. The molecule has 5 heteroatoms. The third-order valence-corrected chi connectivity index (χ3v) is 2.49. The first-order valence-corrected chi connectivity index (χ1v) is 5.67. The highest BCUT2D eigenvalue weighted by Crippen LogP contribution is 2.05. The lowest BCUT2D eigenvalue weighted by Crippen LogP contribution is -2.20. The monoisotopic (exact) mass is 218 g/mol. The van der Waals surface area contributed by atoms with E-state index in [9.17, 15) is 17.4 Å². The molecular weight excluding hydrogens is 207 g/mol. The van der Waals surface area contributed by atoms with Crippen molar-refractivity contribution in [1.82, 2.24) is 0 Å². The van der Waals surface area contributed by atoms with Gasteiger partial charge < -0.3 is 5.11 Å². The molecule has 3 nitrogen and oxygen atoms in total. The van der Waals surface area contributed by atoms with E-state index >= 15 is 0 Å². The second kappa shape index (κ2) is 4.52. The van der Waals surface area contributed by atoms with Crippen LogP contribution < -0.4 is 0 Å². The van der Waals surface area contributed by atoms with Crippen LogP contribution in [0.4, 0.5) is 3.89 Å². The molecule has 0 aliphatic rings. The molecule has 0 saturated carbocycles. The van der Waals surface area contributed by atoms with Crippen molar-refractivity contribution in [2.45, 2.75) is 12.5 Å². The molecule has 1 N–H and O–H groups in total. The quantitative estimate of drug-likeness (QED) is 0.763. The Labute approximate surface area is 82.4 Å². The molecule has 0 aromatic heterocycles. The minimum atomic E-state index is -4.59. The predicted molar refractivity (Wildman–Crippen MR) is 51.0 cm³/mol. The first-order valence-electron chi connectivity index (χ1n) is 4.12. The number of aliphatic hydroxyl groups is 1. The maximum Gasteiger partial charge on any atom is 0.304 e. The molecule has 0 spiro atoms. The third kappa shape index (κ3) is 4.34. The molecule has 1 aromatic carbocycles. The fourth-order valence-corrected chi connectivity index (χ4v) is 1.75. The van der Waals surface area contributed by atoms with E-state index in [1.807, 2.05) is 6.07 Å². The number of aliphatic hydroxyl groups excluding tert-OH is 1. The highest BCUT2D eigenvalue weighted by Gasteiger charge is 2.15. The van der Waals surface area contributed by atoms with Gasteiger partial charge in [0, 0.05) is 0 Å². The summed E-state index contributed by atoms with van der Waals surface area (Å²) >= 11 is 0. The van der Waals surface area contributed by atoms with Crippen molar-refractivity contribution in [2.75, 3.05) is 5.75 Å². The van der Waals surface area contributed by atoms with Gasteiger partial charge in [-0.1, -0.05) is 30.3 Å². The Morgan fingerprint density at radius 3 is 2.36 bits per heavy atom. The average Bonchev–Trinajstić information content (AvgIpc) is 2.02. The Bertz CT molecular complexity index is 374. The van der Waals surface area contributed by atoms with E-state index < -0.39 is 22.1 Å². The fraction of sp³-hybridized carbons (Fsp3) is 0.333. The molecule has 1 aromatic rings. The van der Waals surface area contributed by atoms with Crippen LogP contribution in [0.15, 0.2) is 30.3 Å². The summed E-state index contributed by atoms with van der Waals surface area (Å²) < 4.78 is 32.6. The zero-order valence-corrected chi connectivity index (χ0v) is 8.24. The first-order chi connectivity index (χ1) is 6.47. The summed E-state index contributed by atoms with van der Waals surface area (Å²) in [6, 6.07) is 8.84. The second-order valence-corrected chi connectivity index (χ2v) is 4.46. The van der Waals surface area contributed by atoms with Gasteiger partial charge in [-0.3, -0.25) is 0 Å². The molecule has 1 unspecified atom stereocenters. The van der Waals surface area contributed by atoms with E-state index in [-0.39, 0.29) is 6.42 Å². The summed E-state index contributed by atoms with van der Waals surface area (Å²) in [6.45, 7) is 0. The van der Waals surface area contributed by atoms with E-state index in [0.717, 1.165) is 5.56 Å². The maximum atomic E-state index is 12.2. The van der Waals surface area contributed by atoms with Gasteiger partial charge in [0.1, 0.15) is 5.75 Å². The van der Waals surface area contributed by atoms with Gasteiger partial charge in [0.2, 0.25) is 0 Å². The van der Waals surface area contributed by atoms with Gasteiger partial charge in [-0.25, -0.2) is 0 Å². The minimum Gasteiger partial charge on any atom is -0.392 e. The molecule has 78 valence electrons. The van der Waals surface area contributed by atoms with Crippen LogP contribution >= 0.6 is 0 Å². The topological polar surface area (TPSA) is 54.4 Å². The largest absolute Gasteiger partial charge is 0.392 e. The van der Waals surface area contributed by atoms with Gasteiger partial charge in [0.05, 0.1) is 6.10 Å². The van der Waals surface area contributed by atoms with Crippen LogP contribution in [0.5, 0.6) is 0 Å². The molecular formula is C9H11FO3S. The molecule has 0 bridgehead atoms. The molecule has 0 heterocycles. The normalized spacial score (nSPS) is 13.9. The highest BCUT2D eigenvalue weighted by molar-refractivity contribution is 7.86. The summed E-state index contributed by atoms with van der Waals surface area (Å²) in [6.07, 6.45) is -1.04. The zero-order chi connectivity index (χ0) is 10.6. The van der Waals surface area contributed by atoms with Crippen LogP contribution in [0.1, 0.15) is 5.56 Å². The lowest BCUT2D eigenvalue weighted by molar-refractivity contribution is 0.196. The van der Waals surface area contributed by atoms with Gasteiger partial charge in [-0.2, -0.15) is 8.42 Å². The van der Waals surface area contributed by atoms with Crippen LogP contribution in [0, 0.1) is 0 Å². The standard InChI is InChI=1S/C9H11FO3S/c10-14(12,13)7-9(11)6-8-4-2-1-3-5-8/h1-5,9,11H,6-7H2. The Hall–Kier alpha value is -0.940. The van der Waals surface area contributed by atoms with E-state index in [4.69, 9.17) is 0 Å². The number of hydrogen-bond acceptors (Lipinski definition) is 3. The summed E-state index contributed by atoms with van der Waals surface area (Å²) in [4.78, 5) is 0. The van der Waals surface area contributed by atoms with Crippen molar-refractivity contribution in [3.8, 4) is 0 Å². The molecule has 0 aliphatic heterocycles. The van der Waals surface area contributed by atoms with Crippen LogP contribution in [0.25, 0.3) is 0 Å². The molecule has 0 radical (unpaired) electrons. The van der Waals surface area contributed by atoms with Crippen LogP contribution in [-0.2, 0) is 16.6 Å². The number of hydrogen-bond donors (Lipinski definition) is 1. The molecule has 1 atom stereocenters. The van der Waals surface area contributed by atoms with Gasteiger partial charge in [0.15, 0.2) is 0 Å². The summed E-state index contributed by atoms with van der Waals surface area (Å²) in [5.74, 6) is -0.845. The van der Waals surface area contributed by atoms with E-state index in [0.29, 0.717) is 0 Å². The van der Waals surface area contributed by atoms with E-state index in [1.54, 1.807) is 24.3 Å². The van der Waals surface area contributed by atoms with E-state index in [1.165, 1.54) is 0 Å². The Balaban J connectivity index is 2.54. The van der Waals surface area contributed by atoms with Gasteiger partial charge in [-0.05, 0) is 12.0 Å². The summed E-state index contributed by atoms with van der Waals surface area (Å²) in [5.41, 5.74) is 0.781. The number of halogens is 1. The first kappa shape index (κ1) is 11.1. The number of rotatable bonds is 4.